The van der Waals surface area contributed by atoms with Crippen LogP contribution in [0.25, 0.3) is 0 Å². The third kappa shape index (κ3) is 30.7. The number of aliphatic hydroxyl groups excluding tert-OH is 5. The van der Waals surface area contributed by atoms with E-state index < -0.39 is 75.7 Å². The van der Waals surface area contributed by atoms with E-state index in [2.05, 4.69) is 98.9 Å². The highest BCUT2D eigenvalue weighted by atomic mass is 31.2. The summed E-state index contributed by atoms with van der Waals surface area (Å²) in [6.45, 7) is 3.03. The first-order valence-electron chi connectivity index (χ1n) is 23.4. The van der Waals surface area contributed by atoms with Gasteiger partial charge < -0.3 is 39.9 Å². The normalized spacial score (nSPS) is 22.5. The van der Waals surface area contributed by atoms with Crippen molar-refractivity contribution in [2.45, 2.75) is 198 Å². The summed E-state index contributed by atoms with van der Waals surface area (Å²) in [6, 6.07) is 0. The predicted molar refractivity (Wildman–Crippen MR) is 248 cm³/mol. The van der Waals surface area contributed by atoms with E-state index in [-0.39, 0.29) is 12.8 Å². The zero-order valence-electron chi connectivity index (χ0n) is 38.1. The van der Waals surface area contributed by atoms with Gasteiger partial charge in [0, 0.05) is 12.8 Å². The Morgan fingerprint density at radius 2 is 0.857 bits per heavy atom. The lowest BCUT2D eigenvalue weighted by atomic mass is 9.85. The first-order chi connectivity index (χ1) is 30.4. The molecule has 360 valence electrons. The maximum absolute atomic E-state index is 12.8. The molecule has 1 aliphatic rings. The Morgan fingerprint density at radius 1 is 0.492 bits per heavy atom. The molecule has 0 aliphatic heterocycles. The zero-order valence-corrected chi connectivity index (χ0v) is 39.0. The molecule has 0 spiro atoms. The van der Waals surface area contributed by atoms with E-state index in [1.165, 1.54) is 6.42 Å². The maximum atomic E-state index is 12.8. The second-order valence-electron chi connectivity index (χ2n) is 15.8. The topological polar surface area (TPSA) is 210 Å². The van der Waals surface area contributed by atoms with Crippen molar-refractivity contribution in [2.75, 3.05) is 13.2 Å². The Labute approximate surface area is 378 Å². The van der Waals surface area contributed by atoms with Crippen LogP contribution in [0.3, 0.4) is 0 Å². The summed E-state index contributed by atoms with van der Waals surface area (Å²) >= 11 is 0. The summed E-state index contributed by atoms with van der Waals surface area (Å²) < 4.78 is 33.5. The lowest BCUT2D eigenvalue weighted by Gasteiger charge is -2.41. The number of esters is 2. The van der Waals surface area contributed by atoms with Gasteiger partial charge in [-0.2, -0.15) is 0 Å². The Hall–Kier alpha value is -2.97. The molecule has 0 heterocycles. The average Bonchev–Trinajstić information content (AvgIpc) is 3.26. The van der Waals surface area contributed by atoms with E-state index in [1.807, 2.05) is 0 Å². The Kier molecular flexibility index (Phi) is 35.3. The third-order valence-corrected chi connectivity index (χ3v) is 11.2. The van der Waals surface area contributed by atoms with Gasteiger partial charge in [-0.1, -0.05) is 144 Å². The number of carbonyl (C=O) groups excluding carboxylic acids is 2. The number of carbonyl (C=O) groups is 2. The van der Waals surface area contributed by atoms with Crippen LogP contribution in [0, 0.1) is 0 Å². The van der Waals surface area contributed by atoms with Crippen LogP contribution in [-0.2, 0) is 32.7 Å². The van der Waals surface area contributed by atoms with Gasteiger partial charge in [0.25, 0.3) is 0 Å². The Balaban J connectivity index is 2.45. The molecule has 6 unspecified atom stereocenters. The predicted octanol–water partition coefficient (Wildman–Crippen LogP) is 9.28. The van der Waals surface area contributed by atoms with Crippen LogP contribution in [0.15, 0.2) is 85.1 Å². The number of allylic oxidation sites excluding steroid dienone is 14. The van der Waals surface area contributed by atoms with E-state index >= 15 is 0 Å². The van der Waals surface area contributed by atoms with Gasteiger partial charge in [0.05, 0.1) is 6.61 Å². The van der Waals surface area contributed by atoms with E-state index in [0.717, 1.165) is 109 Å². The fourth-order valence-corrected chi connectivity index (χ4v) is 7.50. The van der Waals surface area contributed by atoms with Crippen LogP contribution < -0.4 is 0 Å². The van der Waals surface area contributed by atoms with Crippen LogP contribution in [0.4, 0.5) is 0 Å². The molecular formula is C49H81O13P. The summed E-state index contributed by atoms with van der Waals surface area (Å²) in [5, 5.41) is 50.2. The third-order valence-electron chi connectivity index (χ3n) is 10.2. The molecule has 6 atom stereocenters. The Bertz CT molecular complexity index is 1420. The van der Waals surface area contributed by atoms with Crippen molar-refractivity contribution >= 4 is 19.8 Å². The number of hydrogen-bond acceptors (Lipinski definition) is 12. The number of phosphoric ester groups is 1. The lowest BCUT2D eigenvalue weighted by molar-refractivity contribution is -0.220. The minimum absolute atomic E-state index is 0.0756. The van der Waals surface area contributed by atoms with E-state index in [1.54, 1.807) is 0 Å². The summed E-state index contributed by atoms with van der Waals surface area (Å²) in [4.78, 5) is 35.7. The van der Waals surface area contributed by atoms with Crippen LogP contribution in [-0.4, -0.2) is 98.3 Å². The molecule has 13 nitrogen and oxygen atoms in total. The quantitative estimate of drug-likeness (QED) is 0.0149. The summed E-state index contributed by atoms with van der Waals surface area (Å²) in [5.41, 5.74) is 0. The average molecular weight is 909 g/mol. The van der Waals surface area contributed by atoms with Gasteiger partial charge in [-0.05, 0) is 83.5 Å². The fourth-order valence-electron chi connectivity index (χ4n) is 6.53. The van der Waals surface area contributed by atoms with Gasteiger partial charge in [-0.25, -0.2) is 4.57 Å². The molecule has 0 aromatic rings. The molecule has 0 aromatic heterocycles. The molecule has 6 N–H and O–H groups in total. The molecule has 0 aromatic carbocycles. The maximum Gasteiger partial charge on any atom is 0.472 e. The highest BCUT2D eigenvalue weighted by Crippen LogP contribution is 2.47. The smallest absolute Gasteiger partial charge is 0.462 e. The molecule has 0 amide bonds. The summed E-state index contributed by atoms with van der Waals surface area (Å²) in [6.07, 6.45) is 36.4. The number of phosphoric acid groups is 1. The number of ether oxygens (including phenoxy) is 2. The molecule has 0 bridgehead atoms. The van der Waals surface area contributed by atoms with Crippen LogP contribution in [0.5, 0.6) is 0 Å². The second kappa shape index (κ2) is 38.3. The standard InChI is InChI=1S/C49H81O13P/c1-3-5-7-9-11-13-15-17-18-19-20-21-22-23-24-26-28-30-32-34-36-38-43(51)61-41(40-60-63(57,58)62-49-47(55)45(53)44(52)46(54)48(49)56)39-59-42(50)37-35-33-31-29-27-25-16-14-12-10-8-6-4-2/h5-8,11-14,17-18,20-21,25,27,41,44-49,52-56H,3-4,9-10,15-16,19,22-24,26,28-40H2,1-2H3,(H,57,58)/b7-5-,8-6-,13-11-,14-12-,18-17-,21-20-,27-25-. The summed E-state index contributed by atoms with van der Waals surface area (Å²) in [5.74, 6) is -1.15. The molecule has 0 radical (unpaired) electrons. The highest BCUT2D eigenvalue weighted by Gasteiger charge is 2.51. The monoisotopic (exact) mass is 909 g/mol. The van der Waals surface area contributed by atoms with Gasteiger partial charge in [0.15, 0.2) is 6.10 Å². The molecule has 0 saturated heterocycles. The van der Waals surface area contributed by atoms with Crippen molar-refractivity contribution in [1.82, 2.24) is 0 Å². The largest absolute Gasteiger partial charge is 0.472 e. The zero-order chi connectivity index (χ0) is 46.4. The van der Waals surface area contributed by atoms with Crippen molar-refractivity contribution in [3.8, 4) is 0 Å². The molecule has 63 heavy (non-hydrogen) atoms. The second-order valence-corrected chi connectivity index (χ2v) is 17.2. The van der Waals surface area contributed by atoms with Gasteiger partial charge in [-0.3, -0.25) is 18.6 Å². The first kappa shape index (κ1) is 58.0. The van der Waals surface area contributed by atoms with Gasteiger partial charge in [-0.15, -0.1) is 0 Å². The van der Waals surface area contributed by atoms with Crippen LogP contribution in [0.1, 0.15) is 155 Å². The van der Waals surface area contributed by atoms with Gasteiger partial charge in [0.1, 0.15) is 43.2 Å². The van der Waals surface area contributed by atoms with Crippen molar-refractivity contribution in [3.05, 3.63) is 85.1 Å². The van der Waals surface area contributed by atoms with Crippen LogP contribution in [0.2, 0.25) is 0 Å². The molecule has 14 heteroatoms. The van der Waals surface area contributed by atoms with Crippen molar-refractivity contribution in [1.29, 1.82) is 0 Å². The molecular weight excluding hydrogens is 828 g/mol. The highest BCUT2D eigenvalue weighted by molar-refractivity contribution is 7.47. The minimum Gasteiger partial charge on any atom is -0.462 e. The van der Waals surface area contributed by atoms with Crippen molar-refractivity contribution in [2.24, 2.45) is 0 Å². The fraction of sp³-hybridized carbons (Fsp3) is 0.673. The SMILES string of the molecule is CC/C=C\C/C=C\C/C=C\C/C=C\CCCCCCCCCCC(=O)OC(COC(=O)CCCCC/C=C\C/C=C\C/C=C\CC)COP(=O)(O)OC1C(O)C(O)C(O)C(O)C1O. The molecule has 1 rings (SSSR count). The van der Waals surface area contributed by atoms with Gasteiger partial charge in [0.2, 0.25) is 0 Å². The number of aliphatic hydroxyl groups is 5. The lowest BCUT2D eigenvalue weighted by Crippen LogP contribution is -2.64. The van der Waals surface area contributed by atoms with E-state index in [0.29, 0.717) is 12.8 Å². The Morgan fingerprint density at radius 3 is 1.32 bits per heavy atom. The minimum atomic E-state index is -5.13. The molecule has 1 fully saturated rings. The number of unbranched alkanes of at least 4 members (excludes halogenated alkanes) is 11. The first-order valence-corrected chi connectivity index (χ1v) is 24.9. The molecule has 1 aliphatic carbocycles. The molecule has 1 saturated carbocycles. The number of hydrogen-bond donors (Lipinski definition) is 6. The summed E-state index contributed by atoms with van der Waals surface area (Å²) in [7, 11) is -5.13. The van der Waals surface area contributed by atoms with Gasteiger partial charge >= 0.3 is 19.8 Å². The van der Waals surface area contributed by atoms with Crippen LogP contribution >= 0.6 is 7.82 Å². The van der Waals surface area contributed by atoms with E-state index in [9.17, 15) is 44.6 Å². The van der Waals surface area contributed by atoms with Crippen molar-refractivity contribution < 1.29 is 63.1 Å². The van der Waals surface area contributed by atoms with Crippen molar-refractivity contribution in [3.63, 3.8) is 0 Å². The number of rotatable bonds is 37. The van der Waals surface area contributed by atoms with E-state index in [4.69, 9.17) is 18.5 Å².